The second kappa shape index (κ2) is 9.56. The topological polar surface area (TPSA) is 75.3 Å². The summed E-state index contributed by atoms with van der Waals surface area (Å²) in [6.07, 6.45) is 2.40. The average molecular weight is 282 g/mol. The van der Waals surface area contributed by atoms with Gasteiger partial charge in [-0.05, 0) is 12.3 Å². The number of hydrogen-bond acceptors (Lipinski definition) is 3. The quantitative estimate of drug-likeness (QED) is 0.594. The van der Waals surface area contributed by atoms with E-state index in [1.165, 1.54) is 7.85 Å². The summed E-state index contributed by atoms with van der Waals surface area (Å²) in [5, 5.41) is 5.36. The number of hydrogen-bond donors (Lipinski definition) is 2. The van der Waals surface area contributed by atoms with Crippen molar-refractivity contribution in [3.63, 3.8) is 0 Å². The summed E-state index contributed by atoms with van der Waals surface area (Å²) in [7, 11) is 1.42. The first kappa shape index (κ1) is 18.7. The van der Waals surface area contributed by atoms with Gasteiger partial charge in [0.2, 0.25) is 11.8 Å². The van der Waals surface area contributed by atoms with Crippen molar-refractivity contribution < 1.29 is 14.4 Å². The number of rotatable bonds is 9. The molecule has 0 aromatic carbocycles. The van der Waals surface area contributed by atoms with Crippen LogP contribution in [-0.2, 0) is 14.4 Å². The fraction of sp³-hybridized carbons (Fsp3) is 0.786. The van der Waals surface area contributed by atoms with Gasteiger partial charge in [0.15, 0.2) is 7.85 Å². The second-order valence-electron chi connectivity index (χ2n) is 5.66. The Kier molecular flexibility index (Phi) is 8.93. The van der Waals surface area contributed by atoms with Crippen molar-refractivity contribution in [1.82, 2.24) is 10.6 Å². The Morgan fingerprint density at radius 1 is 1.10 bits per heavy atom. The monoisotopic (exact) mass is 282 g/mol. The van der Waals surface area contributed by atoms with Gasteiger partial charge in [0.05, 0.1) is 6.54 Å². The lowest BCUT2D eigenvalue weighted by atomic mass is 9.96. The maximum absolute atomic E-state index is 12.0. The first-order valence-corrected chi connectivity index (χ1v) is 7.37. The second-order valence-corrected chi connectivity index (χ2v) is 5.66. The molecule has 0 fully saturated rings. The Hall–Kier alpha value is -1.33. The third-order valence-corrected chi connectivity index (χ3v) is 3.40. The van der Waals surface area contributed by atoms with Gasteiger partial charge in [0.1, 0.15) is 11.7 Å². The maximum Gasteiger partial charge on any atom is 0.242 e. The lowest BCUT2D eigenvalue weighted by molar-refractivity contribution is -0.132. The van der Waals surface area contributed by atoms with Gasteiger partial charge in [0, 0.05) is 5.92 Å². The van der Waals surface area contributed by atoms with Crippen LogP contribution < -0.4 is 10.6 Å². The molecule has 20 heavy (non-hydrogen) atoms. The lowest BCUT2D eigenvalue weighted by Crippen LogP contribution is -2.49. The van der Waals surface area contributed by atoms with Crippen LogP contribution in [0.1, 0.15) is 47.0 Å². The molecule has 0 unspecified atom stereocenters. The molecule has 2 N–H and O–H groups in total. The van der Waals surface area contributed by atoms with Crippen LogP contribution in [0.5, 0.6) is 0 Å². The van der Waals surface area contributed by atoms with Crippen LogP contribution in [0.25, 0.3) is 0 Å². The van der Waals surface area contributed by atoms with Crippen molar-refractivity contribution in [3.8, 4) is 0 Å². The van der Waals surface area contributed by atoms with Gasteiger partial charge in [-0.1, -0.05) is 40.5 Å². The summed E-state index contributed by atoms with van der Waals surface area (Å²) in [6, 6.07) is -0.553. The number of unbranched alkanes of at least 4 members (excludes halogenated alkanes) is 1. The van der Waals surface area contributed by atoms with Gasteiger partial charge >= 0.3 is 0 Å². The van der Waals surface area contributed by atoms with E-state index in [4.69, 9.17) is 0 Å². The van der Waals surface area contributed by atoms with E-state index < -0.39 is 6.04 Å². The zero-order valence-electron chi connectivity index (χ0n) is 13.3. The highest BCUT2D eigenvalue weighted by Gasteiger charge is 2.24. The minimum atomic E-state index is -0.553. The highest BCUT2D eigenvalue weighted by Crippen LogP contribution is 2.11. The molecule has 0 heterocycles. The summed E-state index contributed by atoms with van der Waals surface area (Å²) in [6.45, 7) is 7.84. The van der Waals surface area contributed by atoms with E-state index in [2.05, 4.69) is 10.6 Å². The molecule has 0 aliphatic carbocycles. The highest BCUT2D eigenvalue weighted by molar-refractivity contribution is 6.58. The smallest absolute Gasteiger partial charge is 0.242 e. The highest BCUT2D eigenvalue weighted by atomic mass is 16.2. The molecule has 0 rings (SSSR count). The molecule has 0 saturated carbocycles. The zero-order valence-corrected chi connectivity index (χ0v) is 13.3. The Morgan fingerprint density at radius 2 is 1.70 bits per heavy atom. The molecular weight excluding hydrogens is 255 g/mol. The van der Waals surface area contributed by atoms with Crippen molar-refractivity contribution >= 4 is 25.3 Å². The number of carbonyl (C=O) groups excluding carboxylic acids is 3. The zero-order chi connectivity index (χ0) is 15.7. The van der Waals surface area contributed by atoms with E-state index in [9.17, 15) is 14.4 Å². The molecule has 6 heteroatoms. The van der Waals surface area contributed by atoms with Crippen molar-refractivity contribution in [2.75, 3.05) is 6.54 Å². The van der Waals surface area contributed by atoms with Gasteiger partial charge in [-0.2, -0.15) is 0 Å². The van der Waals surface area contributed by atoms with E-state index in [1.807, 2.05) is 27.7 Å². The van der Waals surface area contributed by atoms with E-state index in [0.29, 0.717) is 6.42 Å². The molecule has 5 nitrogen and oxygen atoms in total. The third kappa shape index (κ3) is 7.31. The number of nitrogens with one attached hydrogen (secondary N) is 2. The van der Waals surface area contributed by atoms with Crippen LogP contribution in [0.3, 0.4) is 0 Å². The van der Waals surface area contributed by atoms with Crippen LogP contribution in [0, 0.1) is 11.8 Å². The van der Waals surface area contributed by atoms with Crippen LogP contribution in [0.15, 0.2) is 0 Å². The Bertz CT molecular complexity index is 345. The molecule has 0 spiro atoms. The van der Waals surface area contributed by atoms with Gasteiger partial charge in [-0.3, -0.25) is 9.59 Å². The molecule has 0 saturated heterocycles. The number of amides is 2. The first-order valence-electron chi connectivity index (χ1n) is 7.37. The Labute approximate surface area is 122 Å². The Morgan fingerprint density at radius 3 is 2.15 bits per heavy atom. The normalized spacial score (nSPS) is 13.7. The summed E-state index contributed by atoms with van der Waals surface area (Å²) in [5.41, 5.74) is -0.102. The first-order chi connectivity index (χ1) is 9.29. The minimum Gasteiger partial charge on any atom is -0.348 e. The third-order valence-electron chi connectivity index (χ3n) is 3.40. The molecule has 0 radical (unpaired) electrons. The average Bonchev–Trinajstić information content (AvgIpc) is 2.39. The van der Waals surface area contributed by atoms with E-state index in [1.54, 1.807) is 0 Å². The Balaban J connectivity index is 4.58. The van der Waals surface area contributed by atoms with Crippen LogP contribution in [0.2, 0.25) is 0 Å². The molecule has 0 aliphatic heterocycles. The fourth-order valence-electron chi connectivity index (χ4n) is 1.62. The summed E-state index contributed by atoms with van der Waals surface area (Å²) < 4.78 is 0. The van der Waals surface area contributed by atoms with E-state index in [-0.39, 0.29) is 35.9 Å². The lowest BCUT2D eigenvalue weighted by Gasteiger charge is -2.22. The summed E-state index contributed by atoms with van der Waals surface area (Å²) in [4.78, 5) is 34.9. The molecular formula is C14H27BN2O3. The number of carbonyl (C=O) groups is 3. The van der Waals surface area contributed by atoms with E-state index >= 15 is 0 Å². The van der Waals surface area contributed by atoms with Crippen LogP contribution >= 0.6 is 0 Å². The van der Waals surface area contributed by atoms with Crippen LogP contribution in [0.4, 0.5) is 0 Å². The SMILES string of the molecule is BC(=O)CNC(=O)[C@H](CCCC)NC(=O)[C@@H](C)C(C)C. The fourth-order valence-corrected chi connectivity index (χ4v) is 1.62. The van der Waals surface area contributed by atoms with Gasteiger partial charge < -0.3 is 15.4 Å². The summed E-state index contributed by atoms with van der Waals surface area (Å²) >= 11 is 0. The van der Waals surface area contributed by atoms with Crippen molar-refractivity contribution in [2.45, 2.75) is 53.0 Å². The molecule has 2 atom stereocenters. The predicted molar refractivity (Wildman–Crippen MR) is 82.0 cm³/mol. The maximum atomic E-state index is 12.0. The molecule has 0 aliphatic rings. The molecule has 2 amide bonds. The largest absolute Gasteiger partial charge is 0.348 e. The summed E-state index contributed by atoms with van der Waals surface area (Å²) in [5.74, 6) is -0.307. The van der Waals surface area contributed by atoms with Crippen molar-refractivity contribution in [2.24, 2.45) is 11.8 Å². The van der Waals surface area contributed by atoms with Crippen molar-refractivity contribution in [3.05, 3.63) is 0 Å². The van der Waals surface area contributed by atoms with Gasteiger partial charge in [0.25, 0.3) is 0 Å². The minimum absolute atomic E-state index is 0.0110. The molecule has 114 valence electrons. The van der Waals surface area contributed by atoms with Gasteiger partial charge in [-0.25, -0.2) is 0 Å². The van der Waals surface area contributed by atoms with Gasteiger partial charge in [-0.15, -0.1) is 0 Å². The predicted octanol–water partition coefficient (Wildman–Crippen LogP) is 0.229. The standard InChI is InChI=1S/C14H27BN2O3/c1-5-6-7-11(14(20)16-8-12(15)18)17-13(19)10(4)9(2)3/h9-11H,5-8,15H2,1-4H3,(H,16,20)(H,17,19)/t10-,11-/m0/s1. The van der Waals surface area contributed by atoms with E-state index in [0.717, 1.165) is 12.8 Å². The molecule has 0 aromatic heterocycles. The van der Waals surface area contributed by atoms with Crippen LogP contribution in [-0.4, -0.2) is 37.9 Å². The van der Waals surface area contributed by atoms with Crippen molar-refractivity contribution in [1.29, 1.82) is 0 Å². The molecule has 0 aromatic rings. The molecule has 0 bridgehead atoms.